The second-order valence-electron chi connectivity index (χ2n) is 7.04. The molecule has 1 aliphatic heterocycles. The fourth-order valence-corrected chi connectivity index (χ4v) is 5.10. The zero-order valence-electron chi connectivity index (χ0n) is 13.6. The van der Waals surface area contributed by atoms with Gasteiger partial charge in [0.15, 0.2) is 0 Å². The third-order valence-corrected chi connectivity index (χ3v) is 6.09. The fourth-order valence-electron chi connectivity index (χ4n) is 3.81. The maximum Gasteiger partial charge on any atom is 0.256 e. The maximum absolute atomic E-state index is 13.0. The first-order valence-electron chi connectivity index (χ1n) is 8.54. The van der Waals surface area contributed by atoms with Crippen LogP contribution in [-0.4, -0.2) is 34.1 Å². The van der Waals surface area contributed by atoms with Gasteiger partial charge in [0.05, 0.1) is 5.56 Å². The molecule has 0 spiro atoms. The molecule has 1 saturated heterocycles. The Bertz CT molecular complexity index is 518. The molecule has 0 N–H and O–H groups in total. The number of hydrogen-bond donors (Lipinski definition) is 0. The lowest BCUT2D eigenvalue weighted by atomic mass is 9.91. The van der Waals surface area contributed by atoms with Crippen LogP contribution in [0.2, 0.25) is 0 Å². The molecule has 0 aromatic carbocycles. The molecule has 2 aliphatic rings. The summed E-state index contributed by atoms with van der Waals surface area (Å²) in [5, 5.41) is 1.57. The number of carbonyl (C=O) groups is 1. The second kappa shape index (κ2) is 7.03. The molecule has 0 unspecified atom stereocenters. The minimum Gasteiger partial charge on any atom is -0.338 e. The summed E-state index contributed by atoms with van der Waals surface area (Å²) in [4.78, 5) is 19.5. The van der Waals surface area contributed by atoms with Gasteiger partial charge < -0.3 is 4.90 Å². The smallest absolute Gasteiger partial charge is 0.256 e. The number of hydrogen-bond acceptors (Lipinski definition) is 3. The summed E-state index contributed by atoms with van der Waals surface area (Å²) in [6.07, 6.45) is 8.18. The van der Waals surface area contributed by atoms with E-state index in [2.05, 4.69) is 18.8 Å². The highest BCUT2D eigenvalue weighted by Gasteiger charge is 2.28. The summed E-state index contributed by atoms with van der Waals surface area (Å²) in [6, 6.07) is 3.85. The Balaban J connectivity index is 1.76. The van der Waals surface area contributed by atoms with Gasteiger partial charge in [-0.05, 0) is 43.2 Å². The van der Waals surface area contributed by atoms with E-state index in [0.29, 0.717) is 17.1 Å². The molecular weight excluding hydrogens is 292 g/mol. The van der Waals surface area contributed by atoms with Gasteiger partial charge in [-0.15, -0.1) is 11.8 Å². The topological polar surface area (TPSA) is 33.2 Å². The number of amides is 1. The van der Waals surface area contributed by atoms with Gasteiger partial charge in [-0.25, -0.2) is 4.98 Å². The van der Waals surface area contributed by atoms with Gasteiger partial charge in [0, 0.05) is 24.5 Å². The SMILES string of the molecule is C[C@@H]1C[C@@H](C)CN(C(=O)c2cccnc2SC2CCCC2)C1. The van der Waals surface area contributed by atoms with Crippen LogP contribution in [0.1, 0.15) is 56.3 Å². The molecule has 2 fully saturated rings. The number of likely N-dealkylation sites (tertiary alicyclic amines) is 1. The lowest BCUT2D eigenvalue weighted by Gasteiger charge is -2.35. The van der Waals surface area contributed by atoms with Crippen molar-refractivity contribution >= 4 is 17.7 Å². The van der Waals surface area contributed by atoms with E-state index < -0.39 is 0 Å². The van der Waals surface area contributed by atoms with E-state index in [4.69, 9.17) is 0 Å². The highest BCUT2D eigenvalue weighted by molar-refractivity contribution is 7.99. The van der Waals surface area contributed by atoms with Gasteiger partial charge in [0.2, 0.25) is 0 Å². The molecule has 1 saturated carbocycles. The number of rotatable bonds is 3. The molecule has 3 nitrogen and oxygen atoms in total. The van der Waals surface area contributed by atoms with Gasteiger partial charge in [0.25, 0.3) is 5.91 Å². The van der Waals surface area contributed by atoms with E-state index in [-0.39, 0.29) is 5.91 Å². The minimum atomic E-state index is 0.173. The number of carbonyl (C=O) groups excluding carboxylic acids is 1. The van der Waals surface area contributed by atoms with E-state index >= 15 is 0 Å². The zero-order valence-corrected chi connectivity index (χ0v) is 14.4. The summed E-state index contributed by atoms with van der Waals surface area (Å²) in [5.74, 6) is 1.36. The van der Waals surface area contributed by atoms with Crippen LogP contribution in [0.15, 0.2) is 23.4 Å². The summed E-state index contributed by atoms with van der Waals surface area (Å²) in [5.41, 5.74) is 0.806. The van der Waals surface area contributed by atoms with E-state index in [1.54, 1.807) is 0 Å². The van der Waals surface area contributed by atoms with Crippen LogP contribution >= 0.6 is 11.8 Å². The van der Waals surface area contributed by atoms with Crippen molar-refractivity contribution < 1.29 is 4.79 Å². The van der Waals surface area contributed by atoms with Crippen LogP contribution in [0, 0.1) is 11.8 Å². The third kappa shape index (κ3) is 3.65. The summed E-state index contributed by atoms with van der Waals surface area (Å²) >= 11 is 1.81. The van der Waals surface area contributed by atoms with Crippen molar-refractivity contribution in [2.24, 2.45) is 11.8 Å². The first kappa shape index (κ1) is 15.9. The first-order chi connectivity index (χ1) is 10.6. The molecular formula is C18H26N2OS. The van der Waals surface area contributed by atoms with E-state index in [1.807, 2.05) is 35.0 Å². The van der Waals surface area contributed by atoms with Crippen LogP contribution in [0.25, 0.3) is 0 Å². The Morgan fingerprint density at radius 3 is 2.59 bits per heavy atom. The highest BCUT2D eigenvalue weighted by Crippen LogP contribution is 2.35. The first-order valence-corrected chi connectivity index (χ1v) is 9.42. The molecule has 1 aromatic rings. The Morgan fingerprint density at radius 1 is 1.23 bits per heavy atom. The summed E-state index contributed by atoms with van der Waals surface area (Å²) in [6.45, 7) is 6.25. The molecule has 1 aromatic heterocycles. The molecule has 22 heavy (non-hydrogen) atoms. The zero-order chi connectivity index (χ0) is 15.5. The molecule has 3 rings (SSSR count). The average molecular weight is 318 g/mol. The number of thioether (sulfide) groups is 1. The predicted octanol–water partition coefficient (Wildman–Crippen LogP) is 4.23. The molecule has 120 valence electrons. The van der Waals surface area contributed by atoms with Crippen LogP contribution in [0.5, 0.6) is 0 Å². The quantitative estimate of drug-likeness (QED) is 0.836. The van der Waals surface area contributed by atoms with Gasteiger partial charge in [-0.1, -0.05) is 26.7 Å². The Morgan fingerprint density at radius 2 is 1.91 bits per heavy atom. The van der Waals surface area contributed by atoms with Gasteiger partial charge in [-0.3, -0.25) is 4.79 Å². The molecule has 1 amide bonds. The van der Waals surface area contributed by atoms with Crippen LogP contribution in [-0.2, 0) is 0 Å². The predicted molar refractivity (Wildman–Crippen MR) is 91.2 cm³/mol. The van der Waals surface area contributed by atoms with Crippen molar-refractivity contribution in [1.82, 2.24) is 9.88 Å². The fraction of sp³-hybridized carbons (Fsp3) is 0.667. The molecule has 4 heteroatoms. The van der Waals surface area contributed by atoms with Crippen molar-refractivity contribution in [3.8, 4) is 0 Å². The maximum atomic E-state index is 13.0. The van der Waals surface area contributed by atoms with Crippen molar-refractivity contribution in [1.29, 1.82) is 0 Å². The normalized spacial score (nSPS) is 26.4. The molecule has 0 radical (unpaired) electrons. The largest absolute Gasteiger partial charge is 0.338 e. The Hall–Kier alpha value is -1.03. The number of pyridine rings is 1. The lowest BCUT2D eigenvalue weighted by Crippen LogP contribution is -2.42. The Labute approximate surface area is 137 Å². The third-order valence-electron chi connectivity index (χ3n) is 4.74. The molecule has 2 atom stereocenters. The molecule has 1 aliphatic carbocycles. The number of nitrogens with zero attached hydrogens (tertiary/aromatic N) is 2. The van der Waals surface area contributed by atoms with E-state index in [9.17, 15) is 4.79 Å². The second-order valence-corrected chi connectivity index (χ2v) is 8.33. The van der Waals surface area contributed by atoms with Crippen LogP contribution < -0.4 is 0 Å². The van der Waals surface area contributed by atoms with Gasteiger partial charge >= 0.3 is 0 Å². The van der Waals surface area contributed by atoms with Crippen molar-refractivity contribution in [2.75, 3.05) is 13.1 Å². The van der Waals surface area contributed by atoms with Gasteiger partial charge in [-0.2, -0.15) is 0 Å². The standard InChI is InChI=1S/C18H26N2OS/c1-13-10-14(2)12-20(11-13)18(21)16-8-5-9-19-17(16)22-15-6-3-4-7-15/h5,8-9,13-15H,3-4,6-7,10-12H2,1-2H3/t13-,14-/m1/s1. The summed E-state index contributed by atoms with van der Waals surface area (Å²) in [7, 11) is 0. The molecule has 2 heterocycles. The Kier molecular flexibility index (Phi) is 5.07. The number of aromatic nitrogens is 1. The summed E-state index contributed by atoms with van der Waals surface area (Å²) < 4.78 is 0. The monoisotopic (exact) mass is 318 g/mol. The van der Waals surface area contributed by atoms with E-state index in [0.717, 1.165) is 23.7 Å². The van der Waals surface area contributed by atoms with Crippen molar-refractivity contribution in [3.05, 3.63) is 23.9 Å². The average Bonchev–Trinajstić information content (AvgIpc) is 2.99. The van der Waals surface area contributed by atoms with Crippen LogP contribution in [0.4, 0.5) is 0 Å². The van der Waals surface area contributed by atoms with Gasteiger partial charge in [0.1, 0.15) is 5.03 Å². The van der Waals surface area contributed by atoms with Crippen LogP contribution in [0.3, 0.4) is 0 Å². The van der Waals surface area contributed by atoms with Crippen molar-refractivity contribution in [3.63, 3.8) is 0 Å². The van der Waals surface area contributed by atoms with Crippen molar-refractivity contribution in [2.45, 2.75) is 56.2 Å². The minimum absolute atomic E-state index is 0.173. The van der Waals surface area contributed by atoms with E-state index in [1.165, 1.54) is 32.1 Å². The highest BCUT2D eigenvalue weighted by atomic mass is 32.2. The lowest BCUT2D eigenvalue weighted by molar-refractivity contribution is 0.0619. The molecule has 0 bridgehead atoms. The number of piperidine rings is 1.